The summed E-state index contributed by atoms with van der Waals surface area (Å²) in [5.74, 6) is -1.03. The van der Waals surface area contributed by atoms with E-state index in [1.165, 1.54) is 178 Å². The number of aryl methyl sites for hydroxylation is 2. The molecule has 4 N–H and O–H groups in total. The van der Waals surface area contributed by atoms with Crippen LogP contribution in [0.15, 0.2) is 48.5 Å². The van der Waals surface area contributed by atoms with Crippen LogP contribution in [-0.4, -0.2) is 20.4 Å². The Bertz CT molecular complexity index is 1570. The van der Waals surface area contributed by atoms with Gasteiger partial charge in [-0.15, -0.1) is 0 Å². The maximum atomic E-state index is 11.2. The van der Waals surface area contributed by atoms with Gasteiger partial charge >= 0.3 is 0 Å². The van der Waals surface area contributed by atoms with Crippen molar-refractivity contribution in [2.75, 3.05) is 0 Å². The van der Waals surface area contributed by atoms with Gasteiger partial charge in [-0.25, -0.2) is 0 Å². The summed E-state index contributed by atoms with van der Waals surface area (Å²) in [4.78, 5) is 0. The van der Waals surface area contributed by atoms with Crippen LogP contribution in [0.4, 0.5) is 0 Å². The zero-order valence-corrected chi connectivity index (χ0v) is 35.6. The highest BCUT2D eigenvalue weighted by molar-refractivity contribution is 6.11. The Labute approximate surface area is 341 Å². The first kappa shape index (κ1) is 45.3. The quantitative estimate of drug-likeness (QED) is 0.0304. The minimum Gasteiger partial charge on any atom is -0.504 e. The molecular weight excluding hydrogens is 689 g/mol. The van der Waals surface area contributed by atoms with Crippen LogP contribution in [0, 0.1) is 0 Å². The van der Waals surface area contributed by atoms with Crippen molar-refractivity contribution in [3.63, 3.8) is 0 Å². The fraction of sp³-hybridized carbons (Fsp3) is 0.615. The molecule has 0 aliphatic rings. The minimum atomic E-state index is -0.286. The van der Waals surface area contributed by atoms with Gasteiger partial charge in [0.05, 0.1) is 0 Å². The van der Waals surface area contributed by atoms with Crippen molar-refractivity contribution in [3.8, 4) is 34.1 Å². The van der Waals surface area contributed by atoms with Crippen molar-refractivity contribution < 1.29 is 20.4 Å². The lowest BCUT2D eigenvalue weighted by Gasteiger charge is -2.17. The Hall–Kier alpha value is -3.40. The van der Waals surface area contributed by atoms with Gasteiger partial charge in [-0.05, 0) is 70.5 Å². The second kappa shape index (κ2) is 26.5. The van der Waals surface area contributed by atoms with Crippen molar-refractivity contribution in [1.82, 2.24) is 0 Å². The lowest BCUT2D eigenvalue weighted by molar-refractivity contribution is 0.401. The van der Waals surface area contributed by atoms with E-state index >= 15 is 0 Å². The molecule has 0 radical (unpaired) electrons. The molecule has 0 aliphatic heterocycles. The van der Waals surface area contributed by atoms with Crippen molar-refractivity contribution in [2.24, 2.45) is 0 Å². The molecule has 4 aromatic carbocycles. The number of hydrogen-bond donors (Lipinski definition) is 4. The molecule has 0 aliphatic carbocycles. The third-order valence-corrected chi connectivity index (χ3v) is 12.2. The van der Waals surface area contributed by atoms with E-state index in [2.05, 4.69) is 38.1 Å². The molecule has 0 heterocycles. The molecule has 0 spiro atoms. The summed E-state index contributed by atoms with van der Waals surface area (Å²) in [5.41, 5.74) is 3.10. The van der Waals surface area contributed by atoms with Gasteiger partial charge in [-0.2, -0.15) is 0 Å². The van der Waals surface area contributed by atoms with Crippen molar-refractivity contribution in [3.05, 3.63) is 59.7 Å². The molecule has 56 heavy (non-hydrogen) atoms. The van der Waals surface area contributed by atoms with Crippen LogP contribution in [0.5, 0.6) is 23.0 Å². The second-order valence-corrected chi connectivity index (χ2v) is 17.0. The molecular formula is C52H78O4. The predicted octanol–water partition coefficient (Wildman–Crippen LogP) is 16.5. The number of hydrogen-bond acceptors (Lipinski definition) is 4. The number of aromatic hydroxyl groups is 4. The van der Waals surface area contributed by atoms with E-state index in [9.17, 15) is 20.4 Å². The van der Waals surface area contributed by atoms with Gasteiger partial charge in [0.15, 0.2) is 23.0 Å². The van der Waals surface area contributed by atoms with Crippen LogP contribution in [0.3, 0.4) is 0 Å². The summed E-state index contributed by atoms with van der Waals surface area (Å²) >= 11 is 0. The molecule has 0 aromatic heterocycles. The smallest absolute Gasteiger partial charge is 0.166 e. The zero-order valence-electron chi connectivity index (χ0n) is 35.6. The molecule has 4 nitrogen and oxygen atoms in total. The van der Waals surface area contributed by atoms with E-state index in [0.717, 1.165) is 47.2 Å². The third-order valence-electron chi connectivity index (χ3n) is 12.2. The third kappa shape index (κ3) is 15.2. The zero-order chi connectivity index (χ0) is 39.8. The number of phenols is 4. The second-order valence-electron chi connectivity index (χ2n) is 17.0. The molecule has 0 bridgehead atoms. The van der Waals surface area contributed by atoms with E-state index in [4.69, 9.17) is 0 Å². The highest BCUT2D eigenvalue weighted by Gasteiger charge is 2.22. The Kier molecular flexibility index (Phi) is 21.4. The van der Waals surface area contributed by atoms with Crippen LogP contribution >= 0.6 is 0 Å². The average molecular weight is 767 g/mol. The topological polar surface area (TPSA) is 80.9 Å². The van der Waals surface area contributed by atoms with Gasteiger partial charge in [-0.3, -0.25) is 0 Å². The normalized spacial score (nSPS) is 11.7. The monoisotopic (exact) mass is 767 g/mol. The molecule has 0 atom stereocenters. The molecule has 4 heteroatoms. The van der Waals surface area contributed by atoms with E-state index < -0.39 is 0 Å². The summed E-state index contributed by atoms with van der Waals surface area (Å²) in [6.45, 7) is 4.56. The number of unbranched alkanes of at least 4 members (excludes halogenated alkanes) is 26. The first-order chi connectivity index (χ1) is 27.4. The Balaban J connectivity index is 1.26. The Morgan fingerprint density at radius 1 is 0.321 bits per heavy atom. The maximum Gasteiger partial charge on any atom is 0.166 e. The van der Waals surface area contributed by atoms with Gasteiger partial charge in [0, 0.05) is 11.1 Å². The lowest BCUT2D eigenvalue weighted by Crippen LogP contribution is -1.92. The van der Waals surface area contributed by atoms with E-state index in [1.54, 1.807) is 12.1 Å². The summed E-state index contributed by atoms with van der Waals surface area (Å²) in [7, 11) is 0. The highest BCUT2D eigenvalue weighted by atomic mass is 16.3. The van der Waals surface area contributed by atoms with Crippen LogP contribution in [0.1, 0.15) is 205 Å². The predicted molar refractivity (Wildman–Crippen MR) is 242 cm³/mol. The molecule has 4 rings (SSSR count). The van der Waals surface area contributed by atoms with Gasteiger partial charge < -0.3 is 20.4 Å². The first-order valence-corrected chi connectivity index (χ1v) is 23.4. The molecule has 0 fully saturated rings. The van der Waals surface area contributed by atoms with Crippen molar-refractivity contribution in [2.45, 2.75) is 206 Å². The summed E-state index contributed by atoms with van der Waals surface area (Å²) in [5, 5.41) is 47.4. The molecule has 0 saturated carbocycles. The number of phenolic OH excluding ortho intramolecular Hbond substituents is 4. The van der Waals surface area contributed by atoms with Crippen LogP contribution in [0.2, 0.25) is 0 Å². The van der Waals surface area contributed by atoms with E-state index in [0.29, 0.717) is 11.1 Å². The molecule has 310 valence electrons. The Morgan fingerprint density at radius 2 is 0.589 bits per heavy atom. The minimum absolute atomic E-state index is 0.230. The van der Waals surface area contributed by atoms with Crippen LogP contribution < -0.4 is 0 Å². The summed E-state index contributed by atoms with van der Waals surface area (Å²) < 4.78 is 0. The SMILES string of the molecule is CCCCCCCCCCCCCCCCc1ccc2c(-c3c(O)c(O)cc4cc(CCCCCCCCCCCCCCCC)ccc34)c(O)c(O)cc2c1. The largest absolute Gasteiger partial charge is 0.504 e. The van der Waals surface area contributed by atoms with E-state index in [-0.39, 0.29) is 23.0 Å². The van der Waals surface area contributed by atoms with Crippen molar-refractivity contribution >= 4 is 21.5 Å². The highest BCUT2D eigenvalue weighted by Crippen LogP contribution is 2.51. The van der Waals surface area contributed by atoms with Gasteiger partial charge in [0.1, 0.15) is 0 Å². The fourth-order valence-electron chi connectivity index (χ4n) is 8.73. The number of benzene rings is 4. The fourth-order valence-corrected chi connectivity index (χ4v) is 8.73. The first-order valence-electron chi connectivity index (χ1n) is 23.4. The number of fused-ring (bicyclic) bond motifs is 2. The van der Waals surface area contributed by atoms with Crippen LogP contribution in [-0.2, 0) is 12.8 Å². The van der Waals surface area contributed by atoms with Crippen LogP contribution in [0.25, 0.3) is 32.7 Å². The van der Waals surface area contributed by atoms with Gasteiger partial charge in [-0.1, -0.05) is 217 Å². The molecule has 0 unspecified atom stereocenters. The van der Waals surface area contributed by atoms with Gasteiger partial charge in [0.2, 0.25) is 0 Å². The summed E-state index contributed by atoms with van der Waals surface area (Å²) in [6, 6.07) is 15.6. The maximum absolute atomic E-state index is 11.2. The van der Waals surface area contributed by atoms with Crippen molar-refractivity contribution in [1.29, 1.82) is 0 Å². The molecule has 0 saturated heterocycles. The number of rotatable bonds is 31. The molecule has 0 amide bonds. The Morgan fingerprint density at radius 3 is 0.875 bits per heavy atom. The average Bonchev–Trinajstić information content (AvgIpc) is 3.19. The van der Waals surface area contributed by atoms with Gasteiger partial charge in [0.25, 0.3) is 0 Å². The van der Waals surface area contributed by atoms with E-state index in [1.807, 2.05) is 12.1 Å². The summed E-state index contributed by atoms with van der Waals surface area (Å²) in [6.07, 6.45) is 39.4. The molecule has 4 aromatic rings. The standard InChI is InChI=1S/C52H78O4/c1-3-5-7-9-11-13-15-17-19-21-23-25-27-29-31-41-33-35-45-43(37-41)39-47(53)51(55)49(45)50-46-36-34-42(38-44(46)40-48(54)52(50)56)32-30-28-26-24-22-20-18-16-14-12-10-8-6-4-2/h33-40,53-56H,3-32H2,1-2H3. The lowest BCUT2D eigenvalue weighted by atomic mass is 9.89.